The standard InChI is InChI=1S/C14H9NO3S2/c16-10-5-3-9(4-6-10)15-13(17)12(20-14(15)19)8-11-2-1-7-18-11/h1-8,16H/b12-8+. The van der Waals surface area contributed by atoms with Crippen LogP contribution in [0.5, 0.6) is 5.75 Å². The number of rotatable bonds is 2. The van der Waals surface area contributed by atoms with Crippen LogP contribution in [0, 0.1) is 0 Å². The van der Waals surface area contributed by atoms with Gasteiger partial charge in [0.25, 0.3) is 5.91 Å². The maximum atomic E-state index is 12.4. The summed E-state index contributed by atoms with van der Waals surface area (Å²) < 4.78 is 5.66. The Labute approximate surface area is 124 Å². The van der Waals surface area contributed by atoms with Crippen molar-refractivity contribution in [3.05, 3.63) is 53.3 Å². The number of thioether (sulfide) groups is 1. The van der Waals surface area contributed by atoms with Gasteiger partial charge in [-0.3, -0.25) is 9.69 Å². The van der Waals surface area contributed by atoms with E-state index in [0.717, 1.165) is 0 Å². The SMILES string of the molecule is O=C1/C(=C\c2ccco2)SC(=S)N1c1ccc(O)cc1. The smallest absolute Gasteiger partial charge is 0.270 e. The second-order valence-corrected chi connectivity index (χ2v) is 5.72. The van der Waals surface area contributed by atoms with Crippen LogP contribution in [-0.4, -0.2) is 15.3 Å². The van der Waals surface area contributed by atoms with E-state index in [1.54, 1.807) is 36.6 Å². The second-order valence-electron chi connectivity index (χ2n) is 4.05. The van der Waals surface area contributed by atoms with E-state index in [-0.39, 0.29) is 11.7 Å². The highest BCUT2D eigenvalue weighted by Gasteiger charge is 2.33. The number of amides is 1. The summed E-state index contributed by atoms with van der Waals surface area (Å²) in [5.41, 5.74) is 0.633. The fraction of sp³-hybridized carbons (Fsp3) is 0. The summed E-state index contributed by atoms with van der Waals surface area (Å²) in [5.74, 6) is 0.559. The van der Waals surface area contributed by atoms with E-state index < -0.39 is 0 Å². The number of hydrogen-bond acceptors (Lipinski definition) is 5. The molecule has 1 aromatic carbocycles. The lowest BCUT2D eigenvalue weighted by atomic mass is 10.2. The third-order valence-corrected chi connectivity index (χ3v) is 4.02. The number of carbonyl (C=O) groups is 1. The molecule has 2 heterocycles. The van der Waals surface area contributed by atoms with E-state index >= 15 is 0 Å². The van der Waals surface area contributed by atoms with E-state index in [4.69, 9.17) is 16.6 Å². The number of aromatic hydroxyl groups is 1. The molecule has 1 N–H and O–H groups in total. The molecule has 1 amide bonds. The molecule has 1 fully saturated rings. The molecule has 100 valence electrons. The predicted molar refractivity (Wildman–Crippen MR) is 82.5 cm³/mol. The summed E-state index contributed by atoms with van der Waals surface area (Å²) in [6.45, 7) is 0. The molecular formula is C14H9NO3S2. The molecule has 1 aromatic heterocycles. The number of carbonyl (C=O) groups excluding carboxylic acids is 1. The van der Waals surface area contributed by atoms with Gasteiger partial charge in [-0.05, 0) is 36.4 Å². The van der Waals surface area contributed by atoms with Gasteiger partial charge < -0.3 is 9.52 Å². The lowest BCUT2D eigenvalue weighted by Crippen LogP contribution is -2.27. The van der Waals surface area contributed by atoms with Crippen molar-refractivity contribution < 1.29 is 14.3 Å². The molecule has 2 aromatic rings. The van der Waals surface area contributed by atoms with Gasteiger partial charge in [0.05, 0.1) is 16.9 Å². The van der Waals surface area contributed by atoms with Crippen LogP contribution in [0.25, 0.3) is 6.08 Å². The zero-order valence-electron chi connectivity index (χ0n) is 10.1. The molecule has 0 aliphatic carbocycles. The molecule has 0 bridgehead atoms. The van der Waals surface area contributed by atoms with Crippen LogP contribution in [0.1, 0.15) is 5.76 Å². The van der Waals surface area contributed by atoms with Crippen LogP contribution < -0.4 is 4.90 Å². The van der Waals surface area contributed by atoms with Crippen molar-refractivity contribution >= 4 is 46.0 Å². The van der Waals surface area contributed by atoms with Gasteiger partial charge in [0.2, 0.25) is 0 Å². The van der Waals surface area contributed by atoms with E-state index in [1.165, 1.54) is 28.8 Å². The van der Waals surface area contributed by atoms with E-state index in [9.17, 15) is 9.90 Å². The Bertz CT molecular complexity index is 690. The molecule has 0 unspecified atom stereocenters. The summed E-state index contributed by atoms with van der Waals surface area (Å²) in [4.78, 5) is 14.3. The summed E-state index contributed by atoms with van der Waals surface area (Å²) in [7, 11) is 0. The normalized spacial score (nSPS) is 17.2. The first-order valence-electron chi connectivity index (χ1n) is 5.75. The zero-order valence-corrected chi connectivity index (χ0v) is 11.8. The Morgan fingerprint density at radius 3 is 2.65 bits per heavy atom. The third kappa shape index (κ3) is 2.35. The highest BCUT2D eigenvalue weighted by Crippen LogP contribution is 2.36. The Morgan fingerprint density at radius 2 is 2.00 bits per heavy atom. The third-order valence-electron chi connectivity index (χ3n) is 2.72. The quantitative estimate of drug-likeness (QED) is 0.681. The van der Waals surface area contributed by atoms with Gasteiger partial charge in [0.15, 0.2) is 4.32 Å². The molecule has 0 atom stereocenters. The van der Waals surface area contributed by atoms with Crippen molar-refractivity contribution in [1.29, 1.82) is 0 Å². The first kappa shape index (κ1) is 13.0. The average molecular weight is 303 g/mol. The first-order valence-corrected chi connectivity index (χ1v) is 6.98. The molecule has 1 aliphatic rings. The van der Waals surface area contributed by atoms with Crippen LogP contribution in [0.2, 0.25) is 0 Å². The lowest BCUT2D eigenvalue weighted by Gasteiger charge is -2.14. The molecule has 0 radical (unpaired) electrons. The Morgan fingerprint density at radius 1 is 1.25 bits per heavy atom. The first-order chi connectivity index (χ1) is 9.65. The second kappa shape index (κ2) is 5.15. The Kier molecular flexibility index (Phi) is 3.33. The van der Waals surface area contributed by atoms with Gasteiger partial charge in [0.1, 0.15) is 11.5 Å². The highest BCUT2D eigenvalue weighted by molar-refractivity contribution is 8.27. The van der Waals surface area contributed by atoms with Crippen molar-refractivity contribution in [2.75, 3.05) is 4.90 Å². The van der Waals surface area contributed by atoms with Crippen LogP contribution in [-0.2, 0) is 4.79 Å². The molecule has 0 spiro atoms. The number of anilines is 1. The predicted octanol–water partition coefficient (Wildman–Crippen LogP) is 3.39. The number of furan rings is 1. The van der Waals surface area contributed by atoms with Gasteiger partial charge in [-0.15, -0.1) is 0 Å². The molecule has 4 nitrogen and oxygen atoms in total. The Balaban J connectivity index is 1.93. The average Bonchev–Trinajstić information content (AvgIpc) is 3.02. The van der Waals surface area contributed by atoms with Crippen molar-refractivity contribution in [2.45, 2.75) is 0 Å². The lowest BCUT2D eigenvalue weighted by molar-refractivity contribution is -0.113. The van der Waals surface area contributed by atoms with Gasteiger partial charge in [-0.2, -0.15) is 0 Å². The van der Waals surface area contributed by atoms with Crippen LogP contribution >= 0.6 is 24.0 Å². The molecule has 0 saturated carbocycles. The molecule has 20 heavy (non-hydrogen) atoms. The minimum atomic E-state index is -0.193. The number of benzene rings is 1. The van der Waals surface area contributed by atoms with Crippen LogP contribution in [0.3, 0.4) is 0 Å². The maximum Gasteiger partial charge on any atom is 0.270 e. The molecule has 3 rings (SSSR count). The number of thiocarbonyl (C=S) groups is 1. The summed E-state index contributed by atoms with van der Waals surface area (Å²) in [6.07, 6.45) is 3.21. The van der Waals surface area contributed by atoms with E-state index in [2.05, 4.69) is 0 Å². The minimum Gasteiger partial charge on any atom is -0.508 e. The summed E-state index contributed by atoms with van der Waals surface area (Å²) in [5, 5.41) is 9.29. The number of nitrogens with zero attached hydrogens (tertiary/aromatic N) is 1. The monoisotopic (exact) mass is 303 g/mol. The summed E-state index contributed by atoms with van der Waals surface area (Å²) in [6, 6.07) is 9.86. The van der Waals surface area contributed by atoms with Crippen molar-refractivity contribution in [1.82, 2.24) is 0 Å². The number of hydrogen-bond donors (Lipinski definition) is 1. The molecule has 1 aliphatic heterocycles. The topological polar surface area (TPSA) is 53.7 Å². The number of phenolic OH excluding ortho intramolecular Hbond substituents is 1. The highest BCUT2D eigenvalue weighted by atomic mass is 32.2. The molecule has 1 saturated heterocycles. The van der Waals surface area contributed by atoms with Gasteiger partial charge in [-0.1, -0.05) is 24.0 Å². The Hall–Kier alpha value is -2.05. The number of phenols is 1. The summed E-state index contributed by atoms with van der Waals surface area (Å²) >= 11 is 6.46. The van der Waals surface area contributed by atoms with Crippen molar-refractivity contribution in [3.8, 4) is 5.75 Å². The van der Waals surface area contributed by atoms with Crippen LogP contribution in [0.4, 0.5) is 5.69 Å². The fourth-order valence-electron chi connectivity index (χ4n) is 1.79. The maximum absolute atomic E-state index is 12.4. The van der Waals surface area contributed by atoms with Crippen LogP contribution in [0.15, 0.2) is 52.0 Å². The van der Waals surface area contributed by atoms with E-state index in [1.807, 2.05) is 0 Å². The van der Waals surface area contributed by atoms with Gasteiger partial charge in [0, 0.05) is 6.08 Å². The molecule has 6 heteroatoms. The fourth-order valence-corrected chi connectivity index (χ4v) is 3.07. The molecular weight excluding hydrogens is 294 g/mol. The van der Waals surface area contributed by atoms with E-state index in [0.29, 0.717) is 20.7 Å². The van der Waals surface area contributed by atoms with Crippen molar-refractivity contribution in [2.24, 2.45) is 0 Å². The largest absolute Gasteiger partial charge is 0.508 e. The van der Waals surface area contributed by atoms with Gasteiger partial charge in [-0.25, -0.2) is 0 Å². The van der Waals surface area contributed by atoms with Gasteiger partial charge >= 0.3 is 0 Å². The minimum absolute atomic E-state index is 0.144. The van der Waals surface area contributed by atoms with Crippen molar-refractivity contribution in [3.63, 3.8) is 0 Å². The zero-order chi connectivity index (χ0) is 14.1.